The Morgan fingerprint density at radius 1 is 0.947 bits per heavy atom. The number of hydrogen-bond acceptors (Lipinski definition) is 2. The number of carbonyl (C=O) groups excluding carboxylic acids is 2. The van der Waals surface area contributed by atoms with Crippen molar-refractivity contribution >= 4 is 11.8 Å². The molecule has 0 radical (unpaired) electrons. The normalized spacial score (nSPS) is 19.2. The van der Waals surface area contributed by atoms with Gasteiger partial charge in [0.1, 0.15) is 5.82 Å². The third-order valence-electron chi connectivity index (χ3n) is 8.21. The van der Waals surface area contributed by atoms with E-state index in [1.807, 2.05) is 42.3 Å². The predicted molar refractivity (Wildman–Crippen MR) is 147 cm³/mol. The van der Waals surface area contributed by atoms with Crippen molar-refractivity contribution < 1.29 is 14.0 Å². The van der Waals surface area contributed by atoms with Crippen molar-refractivity contribution in [2.24, 2.45) is 5.92 Å². The standard InChI is InChI=1S/C32H38FN3O2/c1-2-34(32(38)30-20-29(30)25-10-5-3-6-11-25)23-31(37)36(27-12-7-4-8-13-27)22-28-14-9-19-35(28)21-24-15-17-26(33)18-16-24/h3,5-6,9-11,14-19,27,29-30H,2,4,7-8,12-13,20-23H2,1H3. The zero-order valence-electron chi connectivity index (χ0n) is 22.3. The first-order chi connectivity index (χ1) is 18.5. The van der Waals surface area contributed by atoms with Crippen LogP contribution in [0.15, 0.2) is 72.9 Å². The maximum absolute atomic E-state index is 13.8. The van der Waals surface area contributed by atoms with Gasteiger partial charge in [-0.25, -0.2) is 4.39 Å². The summed E-state index contributed by atoms with van der Waals surface area (Å²) in [6, 6.07) is 21.0. The number of amides is 2. The number of hydrogen-bond donors (Lipinski definition) is 0. The summed E-state index contributed by atoms with van der Waals surface area (Å²) in [6.45, 7) is 3.76. The highest BCUT2D eigenvalue weighted by atomic mass is 19.1. The van der Waals surface area contributed by atoms with E-state index < -0.39 is 0 Å². The third-order valence-corrected chi connectivity index (χ3v) is 8.21. The molecule has 2 atom stereocenters. The fourth-order valence-corrected chi connectivity index (χ4v) is 5.89. The molecule has 2 amide bonds. The van der Waals surface area contributed by atoms with Gasteiger partial charge in [0.25, 0.3) is 0 Å². The Kier molecular flexibility index (Phi) is 8.26. The molecule has 2 unspecified atom stereocenters. The van der Waals surface area contributed by atoms with E-state index in [0.29, 0.717) is 19.6 Å². The van der Waals surface area contributed by atoms with E-state index in [-0.39, 0.29) is 42.1 Å². The van der Waals surface area contributed by atoms with Crippen molar-refractivity contribution in [1.82, 2.24) is 14.4 Å². The molecule has 0 saturated heterocycles. The minimum Gasteiger partial charge on any atom is -0.345 e. The molecule has 1 aromatic heterocycles. The van der Waals surface area contributed by atoms with Crippen LogP contribution in [0.5, 0.6) is 0 Å². The van der Waals surface area contributed by atoms with E-state index in [1.54, 1.807) is 17.0 Å². The van der Waals surface area contributed by atoms with E-state index in [1.165, 1.54) is 24.1 Å². The van der Waals surface area contributed by atoms with Gasteiger partial charge in [-0.1, -0.05) is 61.7 Å². The molecule has 0 bridgehead atoms. The smallest absolute Gasteiger partial charge is 0.242 e. The summed E-state index contributed by atoms with van der Waals surface area (Å²) in [7, 11) is 0. The number of aromatic nitrogens is 1. The Balaban J connectivity index is 1.28. The van der Waals surface area contributed by atoms with E-state index >= 15 is 0 Å². The summed E-state index contributed by atoms with van der Waals surface area (Å²) in [6.07, 6.45) is 8.34. The predicted octanol–water partition coefficient (Wildman–Crippen LogP) is 5.99. The molecular weight excluding hydrogens is 477 g/mol. The number of halogens is 1. The van der Waals surface area contributed by atoms with Crippen LogP contribution < -0.4 is 0 Å². The molecule has 38 heavy (non-hydrogen) atoms. The molecule has 6 heteroatoms. The highest BCUT2D eigenvalue weighted by Crippen LogP contribution is 2.48. The Hall–Kier alpha value is -3.41. The van der Waals surface area contributed by atoms with Crippen molar-refractivity contribution in [2.75, 3.05) is 13.1 Å². The van der Waals surface area contributed by atoms with E-state index in [2.05, 4.69) is 22.8 Å². The van der Waals surface area contributed by atoms with Crippen molar-refractivity contribution in [3.63, 3.8) is 0 Å². The zero-order chi connectivity index (χ0) is 26.5. The summed E-state index contributed by atoms with van der Waals surface area (Å²) >= 11 is 0. The first-order valence-corrected chi connectivity index (χ1v) is 14.0. The molecule has 2 fully saturated rings. The van der Waals surface area contributed by atoms with Gasteiger partial charge in [0.2, 0.25) is 11.8 Å². The summed E-state index contributed by atoms with van der Waals surface area (Å²) in [5.41, 5.74) is 3.27. The highest BCUT2D eigenvalue weighted by molar-refractivity contribution is 5.88. The molecule has 0 aliphatic heterocycles. The topological polar surface area (TPSA) is 45.6 Å². The number of benzene rings is 2. The molecule has 5 rings (SSSR count). The van der Waals surface area contributed by atoms with Gasteiger partial charge >= 0.3 is 0 Å². The second-order valence-electron chi connectivity index (χ2n) is 10.8. The largest absolute Gasteiger partial charge is 0.345 e. The van der Waals surface area contributed by atoms with E-state index in [4.69, 9.17) is 0 Å². The maximum atomic E-state index is 13.8. The molecule has 5 nitrogen and oxygen atoms in total. The van der Waals surface area contributed by atoms with Gasteiger partial charge in [0, 0.05) is 36.9 Å². The number of rotatable bonds is 10. The van der Waals surface area contributed by atoms with Crippen LogP contribution in [0.1, 0.15) is 68.2 Å². The monoisotopic (exact) mass is 515 g/mol. The summed E-state index contributed by atoms with van der Waals surface area (Å²) in [4.78, 5) is 31.0. The van der Waals surface area contributed by atoms with Crippen LogP contribution in [-0.2, 0) is 22.7 Å². The van der Waals surface area contributed by atoms with Crippen molar-refractivity contribution in [3.05, 3.63) is 95.6 Å². The molecule has 3 aromatic rings. The number of carbonyl (C=O) groups is 2. The van der Waals surface area contributed by atoms with Crippen molar-refractivity contribution in [3.8, 4) is 0 Å². The molecule has 2 aliphatic rings. The molecular formula is C32H38FN3O2. The fraction of sp³-hybridized carbons (Fsp3) is 0.438. The number of nitrogens with zero attached hydrogens (tertiary/aromatic N) is 3. The van der Waals surface area contributed by atoms with Crippen LogP contribution in [0.2, 0.25) is 0 Å². The average Bonchev–Trinajstić information content (AvgIpc) is 3.64. The SMILES string of the molecule is CCN(CC(=O)N(Cc1cccn1Cc1ccc(F)cc1)C1CCCCC1)C(=O)C1CC1c1ccccc1. The molecule has 2 aromatic carbocycles. The van der Waals surface area contributed by atoms with Crippen LogP contribution in [-0.4, -0.2) is 45.3 Å². The zero-order valence-corrected chi connectivity index (χ0v) is 22.3. The lowest BCUT2D eigenvalue weighted by molar-refractivity contribution is -0.143. The fourth-order valence-electron chi connectivity index (χ4n) is 5.89. The van der Waals surface area contributed by atoms with Gasteiger partial charge in [-0.3, -0.25) is 9.59 Å². The van der Waals surface area contributed by atoms with Crippen LogP contribution in [0, 0.1) is 11.7 Å². The third kappa shape index (κ3) is 6.17. The summed E-state index contributed by atoms with van der Waals surface area (Å²) in [5, 5.41) is 0. The van der Waals surface area contributed by atoms with Gasteiger partial charge in [0.15, 0.2) is 0 Å². The van der Waals surface area contributed by atoms with Crippen LogP contribution in [0.4, 0.5) is 4.39 Å². The minimum absolute atomic E-state index is 0.0264. The van der Waals surface area contributed by atoms with Gasteiger partial charge in [0.05, 0.1) is 13.1 Å². The Labute approximate surface area is 225 Å². The summed E-state index contributed by atoms with van der Waals surface area (Å²) in [5.74, 6) is 0.113. The second kappa shape index (κ2) is 12.0. The molecule has 2 aliphatic carbocycles. The Morgan fingerprint density at radius 3 is 2.39 bits per heavy atom. The molecule has 2 saturated carbocycles. The maximum Gasteiger partial charge on any atom is 0.242 e. The average molecular weight is 516 g/mol. The molecule has 0 N–H and O–H groups in total. The first kappa shape index (κ1) is 26.2. The molecule has 0 spiro atoms. The van der Waals surface area contributed by atoms with Gasteiger partial charge in [-0.05, 0) is 67.5 Å². The lowest BCUT2D eigenvalue weighted by Gasteiger charge is -2.36. The van der Waals surface area contributed by atoms with Gasteiger partial charge in [-0.15, -0.1) is 0 Å². The van der Waals surface area contributed by atoms with Crippen LogP contribution in [0.25, 0.3) is 0 Å². The van der Waals surface area contributed by atoms with Crippen molar-refractivity contribution in [2.45, 2.75) is 70.5 Å². The molecule has 1 heterocycles. The summed E-state index contributed by atoms with van der Waals surface area (Å²) < 4.78 is 15.5. The first-order valence-electron chi connectivity index (χ1n) is 14.0. The van der Waals surface area contributed by atoms with Gasteiger partial charge < -0.3 is 14.4 Å². The lowest BCUT2D eigenvalue weighted by Crippen LogP contribution is -2.48. The van der Waals surface area contributed by atoms with E-state index in [9.17, 15) is 14.0 Å². The van der Waals surface area contributed by atoms with Crippen molar-refractivity contribution in [1.29, 1.82) is 0 Å². The number of likely N-dealkylation sites (N-methyl/N-ethyl adjacent to an activating group) is 1. The molecule has 200 valence electrons. The lowest BCUT2D eigenvalue weighted by atomic mass is 9.94. The van der Waals surface area contributed by atoms with Crippen LogP contribution in [0.3, 0.4) is 0 Å². The van der Waals surface area contributed by atoms with E-state index in [0.717, 1.165) is 43.4 Å². The highest BCUT2D eigenvalue weighted by Gasteiger charge is 2.46. The quantitative estimate of drug-likeness (QED) is 0.333. The van der Waals surface area contributed by atoms with Gasteiger partial charge in [-0.2, -0.15) is 0 Å². The Morgan fingerprint density at radius 2 is 1.68 bits per heavy atom. The van der Waals surface area contributed by atoms with Crippen LogP contribution >= 0.6 is 0 Å². The minimum atomic E-state index is -0.244. The Bertz CT molecular complexity index is 1220. The second-order valence-corrected chi connectivity index (χ2v) is 10.8.